The lowest BCUT2D eigenvalue weighted by Gasteiger charge is -2.39. The number of nitrogens with one attached hydrogen (secondary N) is 1. The maximum Gasteiger partial charge on any atom is 0.0939 e. The molecule has 0 aromatic heterocycles. The summed E-state index contributed by atoms with van der Waals surface area (Å²) in [6.07, 6.45) is 6.07. The molecule has 21 heavy (non-hydrogen) atoms. The highest BCUT2D eigenvalue weighted by Gasteiger charge is 2.41. The SMILES string of the molecule is c1ccc2c(c1)NCCC2CC1CCOC2(CCOC2)C1. The second-order valence-corrected chi connectivity index (χ2v) is 6.93. The fourth-order valence-electron chi connectivity index (χ4n) is 4.39. The zero-order valence-corrected chi connectivity index (χ0v) is 12.6. The molecule has 0 radical (unpaired) electrons. The number of hydrogen-bond donors (Lipinski definition) is 1. The lowest BCUT2D eigenvalue weighted by atomic mass is 9.77. The summed E-state index contributed by atoms with van der Waals surface area (Å²) in [4.78, 5) is 0. The van der Waals surface area contributed by atoms with Gasteiger partial charge in [-0.05, 0) is 49.1 Å². The van der Waals surface area contributed by atoms with E-state index >= 15 is 0 Å². The maximum atomic E-state index is 6.08. The average molecular weight is 287 g/mol. The van der Waals surface area contributed by atoms with Gasteiger partial charge in [-0.1, -0.05) is 18.2 Å². The Hall–Kier alpha value is -1.06. The van der Waals surface area contributed by atoms with Crippen LogP contribution in [-0.4, -0.2) is 32.0 Å². The van der Waals surface area contributed by atoms with E-state index in [9.17, 15) is 0 Å². The number of fused-ring (bicyclic) bond motifs is 1. The third-order valence-electron chi connectivity index (χ3n) is 5.49. The Kier molecular flexibility index (Phi) is 3.64. The topological polar surface area (TPSA) is 30.5 Å². The molecule has 0 bridgehead atoms. The van der Waals surface area contributed by atoms with E-state index in [2.05, 4.69) is 29.6 Å². The van der Waals surface area contributed by atoms with Crippen molar-refractivity contribution >= 4 is 5.69 Å². The highest BCUT2D eigenvalue weighted by Crippen LogP contribution is 2.42. The van der Waals surface area contributed by atoms with Gasteiger partial charge in [0, 0.05) is 31.9 Å². The summed E-state index contributed by atoms with van der Waals surface area (Å²) in [7, 11) is 0. The normalized spacial score (nSPS) is 35.4. The Balaban J connectivity index is 1.46. The zero-order chi connectivity index (χ0) is 14.1. The molecule has 2 saturated heterocycles. The van der Waals surface area contributed by atoms with E-state index in [-0.39, 0.29) is 5.60 Å². The van der Waals surface area contributed by atoms with Crippen LogP contribution in [-0.2, 0) is 9.47 Å². The largest absolute Gasteiger partial charge is 0.385 e. The summed E-state index contributed by atoms with van der Waals surface area (Å²) in [5.74, 6) is 1.50. The predicted octanol–water partition coefficient (Wildman–Crippen LogP) is 3.56. The van der Waals surface area contributed by atoms with Crippen LogP contribution in [0.4, 0.5) is 5.69 Å². The van der Waals surface area contributed by atoms with Gasteiger partial charge in [-0.2, -0.15) is 0 Å². The summed E-state index contributed by atoms with van der Waals surface area (Å²) < 4.78 is 11.7. The lowest BCUT2D eigenvalue weighted by Crippen LogP contribution is -2.40. The van der Waals surface area contributed by atoms with Crippen molar-refractivity contribution in [1.82, 2.24) is 0 Å². The average Bonchev–Trinajstić information content (AvgIpc) is 2.95. The molecular weight excluding hydrogens is 262 g/mol. The van der Waals surface area contributed by atoms with E-state index in [1.807, 2.05) is 0 Å². The molecular formula is C18H25NO2. The van der Waals surface area contributed by atoms with Crippen molar-refractivity contribution in [2.45, 2.75) is 43.6 Å². The highest BCUT2D eigenvalue weighted by molar-refractivity contribution is 5.54. The summed E-state index contributed by atoms with van der Waals surface area (Å²) in [5, 5.41) is 3.53. The number of hydrogen-bond acceptors (Lipinski definition) is 3. The van der Waals surface area contributed by atoms with Gasteiger partial charge in [0.05, 0.1) is 12.2 Å². The first-order chi connectivity index (χ1) is 10.3. The molecule has 0 aliphatic carbocycles. The molecule has 3 aliphatic rings. The number of anilines is 1. The minimum Gasteiger partial charge on any atom is -0.385 e. The van der Waals surface area contributed by atoms with Crippen molar-refractivity contribution in [3.63, 3.8) is 0 Å². The third kappa shape index (κ3) is 2.69. The standard InChI is InChI=1S/C18H25NO2/c1-2-4-17-16(3-1)15(5-8-19-17)11-14-6-9-21-18(12-14)7-10-20-13-18/h1-4,14-15,19H,5-13H2. The van der Waals surface area contributed by atoms with Crippen LogP contribution in [0.25, 0.3) is 0 Å². The molecule has 1 aromatic carbocycles. The summed E-state index contributed by atoms with van der Waals surface area (Å²) >= 11 is 0. The minimum absolute atomic E-state index is 0.0509. The molecule has 0 saturated carbocycles. The van der Waals surface area contributed by atoms with Crippen molar-refractivity contribution in [2.75, 3.05) is 31.7 Å². The van der Waals surface area contributed by atoms with Gasteiger partial charge in [-0.25, -0.2) is 0 Å². The molecule has 3 aliphatic heterocycles. The van der Waals surface area contributed by atoms with Crippen LogP contribution >= 0.6 is 0 Å². The second kappa shape index (κ2) is 5.62. The highest BCUT2D eigenvalue weighted by atomic mass is 16.6. The van der Waals surface area contributed by atoms with Crippen molar-refractivity contribution in [3.05, 3.63) is 29.8 Å². The monoisotopic (exact) mass is 287 g/mol. The summed E-state index contributed by atoms with van der Waals surface area (Å²) in [5.41, 5.74) is 2.92. The Morgan fingerprint density at radius 1 is 1.19 bits per heavy atom. The number of para-hydroxylation sites is 1. The van der Waals surface area contributed by atoms with E-state index in [0.717, 1.165) is 38.7 Å². The molecule has 0 amide bonds. The Bertz CT molecular complexity index is 496. The fraction of sp³-hybridized carbons (Fsp3) is 0.667. The first-order valence-electron chi connectivity index (χ1n) is 8.39. The molecule has 3 unspecified atom stereocenters. The second-order valence-electron chi connectivity index (χ2n) is 6.93. The maximum absolute atomic E-state index is 6.08. The van der Waals surface area contributed by atoms with Crippen LogP contribution in [0.1, 0.15) is 43.6 Å². The van der Waals surface area contributed by atoms with Gasteiger partial charge >= 0.3 is 0 Å². The lowest BCUT2D eigenvalue weighted by molar-refractivity contribution is -0.0996. The number of rotatable bonds is 2. The first-order valence-corrected chi connectivity index (χ1v) is 8.39. The Labute approximate surface area is 127 Å². The Morgan fingerprint density at radius 3 is 3.05 bits per heavy atom. The smallest absolute Gasteiger partial charge is 0.0939 e. The van der Waals surface area contributed by atoms with Crippen molar-refractivity contribution < 1.29 is 9.47 Å². The van der Waals surface area contributed by atoms with Gasteiger partial charge in [0.25, 0.3) is 0 Å². The number of benzene rings is 1. The fourth-order valence-corrected chi connectivity index (χ4v) is 4.39. The molecule has 3 heterocycles. The molecule has 4 rings (SSSR count). The van der Waals surface area contributed by atoms with Gasteiger partial charge in [0.1, 0.15) is 0 Å². The van der Waals surface area contributed by atoms with Crippen LogP contribution in [0, 0.1) is 5.92 Å². The van der Waals surface area contributed by atoms with E-state index < -0.39 is 0 Å². The molecule has 2 fully saturated rings. The van der Waals surface area contributed by atoms with Crippen LogP contribution in [0.15, 0.2) is 24.3 Å². The molecule has 1 N–H and O–H groups in total. The number of ether oxygens (including phenoxy) is 2. The van der Waals surface area contributed by atoms with Crippen molar-refractivity contribution in [2.24, 2.45) is 5.92 Å². The van der Waals surface area contributed by atoms with Crippen LogP contribution in [0.5, 0.6) is 0 Å². The first kappa shape index (κ1) is 13.6. The van der Waals surface area contributed by atoms with Gasteiger partial charge < -0.3 is 14.8 Å². The molecule has 3 atom stereocenters. The quantitative estimate of drug-likeness (QED) is 0.902. The van der Waals surface area contributed by atoms with Crippen LogP contribution in [0.2, 0.25) is 0 Å². The summed E-state index contributed by atoms with van der Waals surface area (Å²) in [6, 6.07) is 8.83. The molecule has 1 aromatic rings. The molecule has 1 spiro atoms. The van der Waals surface area contributed by atoms with Crippen molar-refractivity contribution in [1.29, 1.82) is 0 Å². The van der Waals surface area contributed by atoms with E-state index in [0.29, 0.717) is 5.92 Å². The van der Waals surface area contributed by atoms with Crippen molar-refractivity contribution in [3.8, 4) is 0 Å². The predicted molar refractivity (Wildman–Crippen MR) is 83.7 cm³/mol. The van der Waals surface area contributed by atoms with Crippen LogP contribution in [0.3, 0.4) is 0 Å². The zero-order valence-electron chi connectivity index (χ0n) is 12.6. The minimum atomic E-state index is 0.0509. The van der Waals surface area contributed by atoms with Crippen LogP contribution < -0.4 is 5.32 Å². The van der Waals surface area contributed by atoms with Gasteiger partial charge in [0.2, 0.25) is 0 Å². The van der Waals surface area contributed by atoms with Gasteiger partial charge in [-0.3, -0.25) is 0 Å². The van der Waals surface area contributed by atoms with Gasteiger partial charge in [-0.15, -0.1) is 0 Å². The Morgan fingerprint density at radius 2 is 2.14 bits per heavy atom. The van der Waals surface area contributed by atoms with E-state index in [1.54, 1.807) is 0 Å². The van der Waals surface area contributed by atoms with E-state index in [1.165, 1.54) is 36.9 Å². The third-order valence-corrected chi connectivity index (χ3v) is 5.49. The molecule has 3 nitrogen and oxygen atoms in total. The van der Waals surface area contributed by atoms with Gasteiger partial charge in [0.15, 0.2) is 0 Å². The van der Waals surface area contributed by atoms with E-state index in [4.69, 9.17) is 9.47 Å². The molecule has 114 valence electrons. The summed E-state index contributed by atoms with van der Waals surface area (Å²) in [6.45, 7) is 3.72. The molecule has 3 heteroatoms.